The molecule has 1 aromatic heterocycles. The van der Waals surface area contributed by atoms with Crippen LogP contribution in [0, 0.1) is 0 Å². The number of aromatic nitrogens is 3. The first kappa shape index (κ1) is 19.8. The third-order valence-electron chi connectivity index (χ3n) is 5.36. The van der Waals surface area contributed by atoms with Crippen LogP contribution >= 0.6 is 0 Å². The molecular formula is C22H27N5O. The highest BCUT2D eigenvalue weighted by atomic mass is 16.2. The number of hydrogen-bond donors (Lipinski definition) is 0. The van der Waals surface area contributed by atoms with Gasteiger partial charge in [-0.25, -0.2) is 9.67 Å². The third kappa shape index (κ3) is 4.46. The zero-order valence-corrected chi connectivity index (χ0v) is 16.9. The molecule has 0 N–H and O–H groups in total. The first-order valence-corrected chi connectivity index (χ1v) is 9.43. The maximum atomic E-state index is 12.8. The molecule has 0 radical (unpaired) electrons. The molecule has 2 atom stereocenters. The minimum Gasteiger partial charge on any atom is -0.338 e. The zero-order chi connectivity index (χ0) is 20.1. The van der Waals surface area contributed by atoms with Gasteiger partial charge in [-0.15, -0.1) is 0 Å². The highest BCUT2D eigenvalue weighted by Crippen LogP contribution is 2.22. The van der Waals surface area contributed by atoms with E-state index in [1.165, 1.54) is 6.33 Å². The number of carbonyl (C=O) groups excluding carboxylic acids is 1. The summed E-state index contributed by atoms with van der Waals surface area (Å²) in [5.41, 5.74) is 3.25. The van der Waals surface area contributed by atoms with E-state index in [2.05, 4.69) is 53.1 Å². The largest absolute Gasteiger partial charge is 0.338 e. The standard InChI is InChI=1S/C22H27N5O/c1-17(20-10-12-21(13-11-20)27-16-23-15-24-27)25(3)14-22(28)26(4)18(2)19-8-6-5-7-9-19/h5-13,15-18H,14H2,1-4H3. The van der Waals surface area contributed by atoms with Gasteiger partial charge in [0, 0.05) is 13.1 Å². The van der Waals surface area contributed by atoms with Gasteiger partial charge in [0.25, 0.3) is 0 Å². The fraction of sp³-hybridized carbons (Fsp3) is 0.318. The van der Waals surface area contributed by atoms with Gasteiger partial charge in [-0.3, -0.25) is 9.69 Å². The Hall–Kier alpha value is -2.99. The molecule has 1 heterocycles. The lowest BCUT2D eigenvalue weighted by molar-refractivity contribution is -0.133. The number of amides is 1. The summed E-state index contributed by atoms with van der Waals surface area (Å²) in [7, 11) is 3.85. The van der Waals surface area contributed by atoms with Crippen LogP contribution in [-0.2, 0) is 4.79 Å². The summed E-state index contributed by atoms with van der Waals surface area (Å²) in [6.45, 7) is 4.53. The smallest absolute Gasteiger partial charge is 0.237 e. The van der Waals surface area contributed by atoms with Crippen molar-refractivity contribution in [2.24, 2.45) is 0 Å². The Balaban J connectivity index is 1.61. The van der Waals surface area contributed by atoms with Gasteiger partial charge in [0.15, 0.2) is 0 Å². The van der Waals surface area contributed by atoms with Crippen LogP contribution in [0.3, 0.4) is 0 Å². The van der Waals surface area contributed by atoms with E-state index in [0.29, 0.717) is 6.54 Å². The Morgan fingerprint density at radius 3 is 2.21 bits per heavy atom. The maximum Gasteiger partial charge on any atom is 0.237 e. The van der Waals surface area contributed by atoms with E-state index in [1.807, 2.05) is 49.3 Å². The summed E-state index contributed by atoms with van der Waals surface area (Å²) in [5.74, 6) is 0.102. The molecule has 3 aromatic rings. The van der Waals surface area contributed by atoms with E-state index < -0.39 is 0 Å². The van der Waals surface area contributed by atoms with Gasteiger partial charge < -0.3 is 4.90 Å². The Bertz CT molecular complexity index is 877. The molecule has 0 bridgehead atoms. The summed E-state index contributed by atoms with van der Waals surface area (Å²) in [6, 6.07) is 18.4. The van der Waals surface area contributed by atoms with Gasteiger partial charge in [0.2, 0.25) is 5.91 Å². The minimum absolute atomic E-state index is 0.0411. The molecule has 6 nitrogen and oxygen atoms in total. The third-order valence-corrected chi connectivity index (χ3v) is 5.36. The molecule has 2 unspecified atom stereocenters. The van der Waals surface area contributed by atoms with Crippen molar-refractivity contribution >= 4 is 5.91 Å². The van der Waals surface area contributed by atoms with E-state index in [-0.39, 0.29) is 18.0 Å². The van der Waals surface area contributed by atoms with Crippen molar-refractivity contribution in [3.8, 4) is 5.69 Å². The molecule has 146 valence electrons. The average Bonchev–Trinajstić information content (AvgIpc) is 3.27. The molecule has 0 saturated carbocycles. The van der Waals surface area contributed by atoms with E-state index in [9.17, 15) is 4.79 Å². The zero-order valence-electron chi connectivity index (χ0n) is 16.9. The summed E-state index contributed by atoms with van der Waals surface area (Å²) in [6.07, 6.45) is 3.19. The van der Waals surface area contributed by atoms with Crippen LogP contribution in [0.4, 0.5) is 0 Å². The molecule has 28 heavy (non-hydrogen) atoms. The first-order chi connectivity index (χ1) is 13.5. The highest BCUT2D eigenvalue weighted by molar-refractivity contribution is 5.78. The molecule has 0 aliphatic carbocycles. The van der Waals surface area contributed by atoms with Crippen molar-refractivity contribution in [3.63, 3.8) is 0 Å². The molecule has 0 spiro atoms. The van der Waals surface area contributed by atoms with Crippen LogP contribution < -0.4 is 0 Å². The fourth-order valence-corrected chi connectivity index (χ4v) is 3.13. The fourth-order valence-electron chi connectivity index (χ4n) is 3.13. The number of likely N-dealkylation sites (N-methyl/N-ethyl adjacent to an activating group) is 2. The summed E-state index contributed by atoms with van der Waals surface area (Å²) >= 11 is 0. The van der Waals surface area contributed by atoms with Crippen molar-refractivity contribution in [3.05, 3.63) is 78.4 Å². The van der Waals surface area contributed by atoms with Crippen molar-refractivity contribution < 1.29 is 4.79 Å². The summed E-state index contributed by atoms with van der Waals surface area (Å²) in [4.78, 5) is 20.6. The van der Waals surface area contributed by atoms with Gasteiger partial charge in [-0.2, -0.15) is 5.10 Å². The predicted molar refractivity (Wildman–Crippen MR) is 110 cm³/mol. The van der Waals surface area contributed by atoms with Crippen molar-refractivity contribution in [2.75, 3.05) is 20.6 Å². The molecule has 6 heteroatoms. The summed E-state index contributed by atoms with van der Waals surface area (Å²) in [5, 5.41) is 4.14. The van der Waals surface area contributed by atoms with Gasteiger partial charge in [0.1, 0.15) is 12.7 Å². The minimum atomic E-state index is 0.0411. The van der Waals surface area contributed by atoms with Crippen molar-refractivity contribution in [1.29, 1.82) is 0 Å². The molecular weight excluding hydrogens is 350 g/mol. The van der Waals surface area contributed by atoms with Crippen LogP contribution in [-0.4, -0.2) is 51.1 Å². The predicted octanol–water partition coefficient (Wildman–Crippen LogP) is 3.48. The Morgan fingerprint density at radius 2 is 1.61 bits per heavy atom. The molecule has 0 saturated heterocycles. The van der Waals surface area contributed by atoms with E-state index in [0.717, 1.165) is 16.8 Å². The number of nitrogens with zero attached hydrogens (tertiary/aromatic N) is 5. The topological polar surface area (TPSA) is 54.3 Å². The van der Waals surface area contributed by atoms with E-state index in [4.69, 9.17) is 0 Å². The van der Waals surface area contributed by atoms with Crippen molar-refractivity contribution in [2.45, 2.75) is 25.9 Å². The van der Waals surface area contributed by atoms with Crippen LogP contribution in [0.5, 0.6) is 0 Å². The van der Waals surface area contributed by atoms with Crippen LogP contribution in [0.2, 0.25) is 0 Å². The maximum absolute atomic E-state index is 12.8. The Kier molecular flexibility index (Phi) is 6.21. The monoisotopic (exact) mass is 377 g/mol. The van der Waals surface area contributed by atoms with Crippen LogP contribution in [0.1, 0.15) is 37.1 Å². The molecule has 3 rings (SSSR count). The quantitative estimate of drug-likeness (QED) is 0.633. The lowest BCUT2D eigenvalue weighted by Gasteiger charge is -2.30. The van der Waals surface area contributed by atoms with E-state index >= 15 is 0 Å². The van der Waals surface area contributed by atoms with E-state index in [1.54, 1.807) is 11.0 Å². The second kappa shape index (κ2) is 8.80. The SMILES string of the molecule is CC(c1ccc(-n2cncn2)cc1)N(C)CC(=O)N(C)C(C)c1ccccc1. The van der Waals surface area contributed by atoms with Gasteiger partial charge in [-0.1, -0.05) is 42.5 Å². The number of benzene rings is 2. The second-order valence-corrected chi connectivity index (χ2v) is 7.11. The number of rotatable bonds is 7. The molecule has 2 aromatic carbocycles. The van der Waals surface area contributed by atoms with Crippen LogP contribution in [0.15, 0.2) is 67.3 Å². The van der Waals surface area contributed by atoms with Crippen molar-refractivity contribution in [1.82, 2.24) is 24.6 Å². The summed E-state index contributed by atoms with van der Waals surface area (Å²) < 4.78 is 1.72. The van der Waals surface area contributed by atoms with Crippen LogP contribution in [0.25, 0.3) is 5.69 Å². The molecule has 0 aliphatic rings. The number of carbonyl (C=O) groups is 1. The second-order valence-electron chi connectivity index (χ2n) is 7.11. The first-order valence-electron chi connectivity index (χ1n) is 9.43. The van der Waals surface area contributed by atoms with Gasteiger partial charge in [-0.05, 0) is 44.2 Å². The molecule has 1 amide bonds. The average molecular weight is 377 g/mol. The molecule has 0 aliphatic heterocycles. The van der Waals surface area contributed by atoms with Gasteiger partial charge in [0.05, 0.1) is 18.3 Å². The lowest BCUT2D eigenvalue weighted by Crippen LogP contribution is -2.38. The Labute approximate surface area is 166 Å². The van der Waals surface area contributed by atoms with Gasteiger partial charge >= 0.3 is 0 Å². The lowest BCUT2D eigenvalue weighted by atomic mass is 10.1. The Morgan fingerprint density at radius 1 is 0.964 bits per heavy atom. The normalized spacial score (nSPS) is 13.3. The molecule has 0 fully saturated rings. The number of hydrogen-bond acceptors (Lipinski definition) is 4. The highest BCUT2D eigenvalue weighted by Gasteiger charge is 2.21.